The molecule has 1 heterocycles. The summed E-state index contributed by atoms with van der Waals surface area (Å²) >= 11 is 0. The first-order chi connectivity index (χ1) is 9.18. The molecule has 0 fully saturated rings. The number of likely N-dealkylation sites (N-methyl/N-ethyl adjacent to an activating group) is 1. The van der Waals surface area contributed by atoms with E-state index in [1.54, 1.807) is 18.9 Å². The Balaban J connectivity index is 2.17. The summed E-state index contributed by atoms with van der Waals surface area (Å²) < 4.78 is 0. The highest BCUT2D eigenvalue weighted by Gasteiger charge is 2.29. The van der Waals surface area contributed by atoms with Crippen LogP contribution >= 0.6 is 0 Å². The average molecular weight is 254 g/mol. The van der Waals surface area contributed by atoms with Crippen molar-refractivity contribution in [2.45, 2.75) is 13.0 Å². The van der Waals surface area contributed by atoms with Crippen LogP contribution in [-0.2, 0) is 9.63 Å². The summed E-state index contributed by atoms with van der Waals surface area (Å²) in [5, 5.41) is 6.25. The fourth-order valence-electron chi connectivity index (χ4n) is 2.26. The minimum Gasteiger partial charge on any atom is -0.381 e. The molecular formula is C15H14N2O2. The van der Waals surface area contributed by atoms with Gasteiger partial charge in [0, 0.05) is 12.6 Å². The molecule has 1 atom stereocenters. The molecule has 0 aromatic heterocycles. The molecular weight excluding hydrogens is 240 g/mol. The van der Waals surface area contributed by atoms with Crippen LogP contribution in [0.25, 0.3) is 10.8 Å². The molecule has 0 saturated carbocycles. The number of hydrogen-bond acceptors (Lipinski definition) is 3. The van der Waals surface area contributed by atoms with Crippen LogP contribution in [0, 0.1) is 0 Å². The molecule has 96 valence electrons. The summed E-state index contributed by atoms with van der Waals surface area (Å²) in [6.45, 7) is 1.70. The molecule has 19 heavy (non-hydrogen) atoms. The van der Waals surface area contributed by atoms with Crippen molar-refractivity contribution in [3.8, 4) is 0 Å². The van der Waals surface area contributed by atoms with Crippen LogP contribution in [0.2, 0.25) is 0 Å². The Morgan fingerprint density at radius 3 is 2.74 bits per heavy atom. The molecule has 0 N–H and O–H groups in total. The van der Waals surface area contributed by atoms with Gasteiger partial charge in [-0.25, -0.2) is 0 Å². The molecule has 1 aliphatic heterocycles. The normalized spacial score (nSPS) is 19.3. The highest BCUT2D eigenvalue weighted by Crippen LogP contribution is 2.22. The Morgan fingerprint density at radius 2 is 1.89 bits per heavy atom. The van der Waals surface area contributed by atoms with E-state index in [1.165, 1.54) is 0 Å². The van der Waals surface area contributed by atoms with E-state index in [0.717, 1.165) is 16.3 Å². The quantitative estimate of drug-likeness (QED) is 0.784. The summed E-state index contributed by atoms with van der Waals surface area (Å²) in [5.41, 5.74) is 0.904. The van der Waals surface area contributed by atoms with E-state index in [4.69, 9.17) is 4.84 Å². The first-order valence-electron chi connectivity index (χ1n) is 6.18. The fraction of sp³-hybridized carbons (Fsp3) is 0.200. The van der Waals surface area contributed by atoms with E-state index in [-0.39, 0.29) is 5.91 Å². The number of rotatable bonds is 1. The average Bonchev–Trinajstić information content (AvgIpc) is 2.45. The maximum Gasteiger partial charge on any atom is 0.271 e. The van der Waals surface area contributed by atoms with Gasteiger partial charge in [0.25, 0.3) is 5.91 Å². The second-order valence-corrected chi connectivity index (χ2v) is 4.59. The van der Waals surface area contributed by atoms with Gasteiger partial charge >= 0.3 is 0 Å². The standard InChI is InChI=1S/C15H14N2O2/c1-10-15(18)17(2)14(16-19-10)13-9-5-7-11-6-3-4-8-12(11)13/h3-10H,1-2H3. The minimum atomic E-state index is -0.524. The third kappa shape index (κ3) is 1.85. The maximum atomic E-state index is 12.0. The number of nitrogens with zero attached hydrogens (tertiary/aromatic N) is 2. The van der Waals surface area contributed by atoms with Crippen molar-refractivity contribution >= 4 is 22.5 Å². The molecule has 1 amide bonds. The van der Waals surface area contributed by atoms with Crippen LogP contribution < -0.4 is 0 Å². The van der Waals surface area contributed by atoms with Gasteiger partial charge in [-0.2, -0.15) is 0 Å². The molecule has 2 aromatic carbocycles. The Bertz CT molecular complexity index is 673. The molecule has 1 unspecified atom stereocenters. The van der Waals surface area contributed by atoms with Crippen molar-refractivity contribution in [1.82, 2.24) is 4.90 Å². The van der Waals surface area contributed by atoms with Crippen LogP contribution in [0.1, 0.15) is 12.5 Å². The van der Waals surface area contributed by atoms with Gasteiger partial charge in [-0.05, 0) is 17.7 Å². The van der Waals surface area contributed by atoms with Crippen molar-refractivity contribution in [2.75, 3.05) is 7.05 Å². The molecule has 3 rings (SSSR count). The van der Waals surface area contributed by atoms with E-state index in [9.17, 15) is 4.79 Å². The Labute approximate surface area is 111 Å². The molecule has 1 aliphatic rings. The van der Waals surface area contributed by atoms with Crippen LogP contribution in [0.3, 0.4) is 0 Å². The zero-order valence-corrected chi connectivity index (χ0v) is 10.8. The lowest BCUT2D eigenvalue weighted by Gasteiger charge is -2.27. The van der Waals surface area contributed by atoms with Gasteiger partial charge < -0.3 is 4.84 Å². The minimum absolute atomic E-state index is 0.0852. The molecule has 0 aliphatic carbocycles. The van der Waals surface area contributed by atoms with Gasteiger partial charge in [0.2, 0.25) is 6.10 Å². The molecule has 0 radical (unpaired) electrons. The van der Waals surface area contributed by atoms with Gasteiger partial charge in [0.05, 0.1) is 0 Å². The van der Waals surface area contributed by atoms with E-state index in [1.807, 2.05) is 42.5 Å². The SMILES string of the molecule is CC1ON=C(c2cccc3ccccc23)N(C)C1=O. The summed E-state index contributed by atoms with van der Waals surface area (Å²) in [6, 6.07) is 14.0. The van der Waals surface area contributed by atoms with E-state index in [0.29, 0.717) is 5.84 Å². The molecule has 2 aromatic rings. The number of amides is 1. The number of carbonyl (C=O) groups is 1. The second-order valence-electron chi connectivity index (χ2n) is 4.59. The predicted molar refractivity (Wildman–Crippen MR) is 73.8 cm³/mol. The lowest BCUT2D eigenvalue weighted by Crippen LogP contribution is -2.44. The number of benzene rings is 2. The Kier molecular flexibility index (Phi) is 2.71. The number of fused-ring (bicyclic) bond motifs is 1. The Morgan fingerprint density at radius 1 is 1.16 bits per heavy atom. The monoisotopic (exact) mass is 254 g/mol. The van der Waals surface area contributed by atoms with Gasteiger partial charge in [0.1, 0.15) is 0 Å². The zero-order chi connectivity index (χ0) is 13.4. The van der Waals surface area contributed by atoms with Gasteiger partial charge in [-0.3, -0.25) is 9.69 Å². The molecule has 4 nitrogen and oxygen atoms in total. The van der Waals surface area contributed by atoms with Crippen LogP contribution in [0.5, 0.6) is 0 Å². The zero-order valence-electron chi connectivity index (χ0n) is 10.8. The van der Waals surface area contributed by atoms with E-state index < -0.39 is 6.10 Å². The third-order valence-electron chi connectivity index (χ3n) is 3.32. The van der Waals surface area contributed by atoms with E-state index in [2.05, 4.69) is 5.16 Å². The summed E-state index contributed by atoms with van der Waals surface area (Å²) in [4.78, 5) is 18.7. The smallest absolute Gasteiger partial charge is 0.271 e. The number of amidine groups is 1. The summed E-state index contributed by atoms with van der Waals surface area (Å²) in [6.07, 6.45) is -0.524. The maximum absolute atomic E-state index is 12.0. The van der Waals surface area contributed by atoms with Crippen LogP contribution in [-0.4, -0.2) is 29.8 Å². The number of carbonyl (C=O) groups excluding carboxylic acids is 1. The topological polar surface area (TPSA) is 41.9 Å². The van der Waals surface area contributed by atoms with Crippen molar-refractivity contribution in [1.29, 1.82) is 0 Å². The Hall–Kier alpha value is -2.36. The largest absolute Gasteiger partial charge is 0.381 e. The predicted octanol–water partition coefficient (Wildman–Crippen LogP) is 2.38. The van der Waals surface area contributed by atoms with Crippen LogP contribution in [0.4, 0.5) is 0 Å². The number of hydrogen-bond donors (Lipinski definition) is 0. The highest BCUT2D eigenvalue weighted by atomic mass is 16.6. The molecule has 0 bridgehead atoms. The van der Waals surface area contributed by atoms with Gasteiger partial charge in [0.15, 0.2) is 5.84 Å². The van der Waals surface area contributed by atoms with E-state index >= 15 is 0 Å². The number of oxime groups is 1. The van der Waals surface area contributed by atoms with Crippen molar-refractivity contribution in [2.24, 2.45) is 5.16 Å². The molecule has 0 spiro atoms. The van der Waals surface area contributed by atoms with Crippen molar-refractivity contribution in [3.63, 3.8) is 0 Å². The second kappa shape index (κ2) is 4.39. The van der Waals surface area contributed by atoms with Crippen LogP contribution in [0.15, 0.2) is 47.6 Å². The molecule has 4 heteroatoms. The van der Waals surface area contributed by atoms with Gasteiger partial charge in [-0.1, -0.05) is 47.6 Å². The first-order valence-corrected chi connectivity index (χ1v) is 6.18. The summed E-state index contributed by atoms with van der Waals surface area (Å²) in [7, 11) is 1.72. The van der Waals surface area contributed by atoms with Crippen molar-refractivity contribution < 1.29 is 9.63 Å². The lowest BCUT2D eigenvalue weighted by atomic mass is 10.0. The first kappa shape index (κ1) is 11.7. The fourth-order valence-corrected chi connectivity index (χ4v) is 2.26. The molecule has 0 saturated heterocycles. The third-order valence-corrected chi connectivity index (χ3v) is 3.32. The lowest BCUT2D eigenvalue weighted by molar-refractivity contribution is -0.140. The van der Waals surface area contributed by atoms with Crippen molar-refractivity contribution in [3.05, 3.63) is 48.0 Å². The van der Waals surface area contributed by atoms with Gasteiger partial charge in [-0.15, -0.1) is 0 Å². The highest BCUT2D eigenvalue weighted by molar-refractivity contribution is 6.15. The summed E-state index contributed by atoms with van der Waals surface area (Å²) in [5.74, 6) is 0.470.